The smallest absolute Gasteiger partial charge is 0.306 e. The molecule has 0 amide bonds. The number of carbonyl (C=O) groups is 2. The molecule has 0 rings (SSSR count). The van der Waals surface area contributed by atoms with Gasteiger partial charge in [0.05, 0.1) is 6.61 Å². The molecule has 0 bridgehead atoms. The number of unbranched alkanes of at least 4 members (excludes halogenated alkanes) is 5. The Morgan fingerprint density at radius 2 is 1.43 bits per heavy atom. The molecule has 0 aliphatic heterocycles. The number of hydrogen-bond acceptors (Lipinski definition) is 4. The number of carbonyl (C=O) groups excluding carboxylic acids is 2. The van der Waals surface area contributed by atoms with Crippen LogP contribution in [0.4, 0.5) is 0 Å². The third kappa shape index (κ3) is 13.1. The van der Waals surface area contributed by atoms with Crippen molar-refractivity contribution in [2.45, 2.75) is 98.5 Å². The molecule has 0 aromatic rings. The van der Waals surface area contributed by atoms with E-state index in [4.69, 9.17) is 9.47 Å². The van der Waals surface area contributed by atoms with Crippen LogP contribution in [0.15, 0.2) is 0 Å². The zero-order chi connectivity index (χ0) is 17.7. The summed E-state index contributed by atoms with van der Waals surface area (Å²) < 4.78 is 10.5. The Labute approximate surface area is 142 Å². The lowest BCUT2D eigenvalue weighted by Gasteiger charge is -2.26. The van der Waals surface area contributed by atoms with E-state index in [0.717, 1.165) is 12.8 Å². The van der Waals surface area contributed by atoms with Gasteiger partial charge in [0.15, 0.2) is 0 Å². The number of esters is 2. The first-order valence-corrected chi connectivity index (χ1v) is 9.12. The summed E-state index contributed by atoms with van der Waals surface area (Å²) in [5, 5.41) is 0. The zero-order valence-electron chi connectivity index (χ0n) is 15.8. The molecule has 0 saturated heterocycles. The van der Waals surface area contributed by atoms with Crippen molar-refractivity contribution in [3.63, 3.8) is 0 Å². The number of rotatable bonds is 12. The predicted molar refractivity (Wildman–Crippen MR) is 93.2 cm³/mol. The van der Waals surface area contributed by atoms with Crippen LogP contribution in [-0.2, 0) is 19.1 Å². The molecule has 1 unspecified atom stereocenters. The third-order valence-electron chi connectivity index (χ3n) is 4.05. The molecule has 0 N–H and O–H groups in total. The maximum atomic E-state index is 11.7. The molecule has 4 nitrogen and oxygen atoms in total. The molecule has 23 heavy (non-hydrogen) atoms. The molecule has 1 atom stereocenters. The van der Waals surface area contributed by atoms with Crippen LogP contribution in [-0.4, -0.2) is 24.6 Å². The summed E-state index contributed by atoms with van der Waals surface area (Å²) in [6.07, 6.45) is 7.96. The minimum absolute atomic E-state index is 0.0638. The fraction of sp³-hybridized carbons (Fsp3) is 0.895. The normalized spacial score (nSPS) is 12.7. The fourth-order valence-electron chi connectivity index (χ4n) is 1.95. The van der Waals surface area contributed by atoms with Gasteiger partial charge in [-0.2, -0.15) is 0 Å². The molecule has 0 fully saturated rings. The van der Waals surface area contributed by atoms with Crippen molar-refractivity contribution in [2.24, 2.45) is 5.41 Å². The highest BCUT2D eigenvalue weighted by molar-refractivity contribution is 5.72. The summed E-state index contributed by atoms with van der Waals surface area (Å²) in [5.74, 6) is -0.452. The summed E-state index contributed by atoms with van der Waals surface area (Å²) in [5.41, 5.74) is -0.0638. The van der Waals surface area contributed by atoms with E-state index in [2.05, 4.69) is 6.92 Å². The van der Waals surface area contributed by atoms with Crippen LogP contribution in [0.25, 0.3) is 0 Å². The summed E-state index contributed by atoms with van der Waals surface area (Å²) in [7, 11) is 0. The lowest BCUT2D eigenvalue weighted by atomic mass is 9.90. The van der Waals surface area contributed by atoms with Crippen LogP contribution in [0.1, 0.15) is 92.4 Å². The molecule has 0 spiro atoms. The number of ether oxygens (including phenoxy) is 2. The Bertz CT molecular complexity index is 331. The molecular weight excluding hydrogens is 292 g/mol. The zero-order valence-corrected chi connectivity index (χ0v) is 15.8. The van der Waals surface area contributed by atoms with Crippen molar-refractivity contribution in [2.75, 3.05) is 6.61 Å². The fourth-order valence-corrected chi connectivity index (χ4v) is 1.95. The molecule has 136 valence electrons. The monoisotopic (exact) mass is 328 g/mol. The van der Waals surface area contributed by atoms with Gasteiger partial charge in [-0.3, -0.25) is 9.59 Å². The summed E-state index contributed by atoms with van der Waals surface area (Å²) in [6.45, 7) is 10.7. The van der Waals surface area contributed by atoms with Crippen LogP contribution in [0.3, 0.4) is 0 Å². The van der Waals surface area contributed by atoms with Gasteiger partial charge >= 0.3 is 11.9 Å². The van der Waals surface area contributed by atoms with Crippen molar-refractivity contribution in [3.8, 4) is 0 Å². The maximum absolute atomic E-state index is 11.7. The van der Waals surface area contributed by atoms with Crippen molar-refractivity contribution in [1.82, 2.24) is 0 Å². The van der Waals surface area contributed by atoms with Crippen molar-refractivity contribution in [3.05, 3.63) is 0 Å². The van der Waals surface area contributed by atoms with Gasteiger partial charge in [-0.25, -0.2) is 0 Å². The van der Waals surface area contributed by atoms with E-state index in [0.29, 0.717) is 13.0 Å². The van der Waals surface area contributed by atoms with Crippen LogP contribution < -0.4 is 0 Å². The van der Waals surface area contributed by atoms with Gasteiger partial charge in [0.25, 0.3) is 0 Å². The van der Waals surface area contributed by atoms with Gasteiger partial charge in [0, 0.05) is 12.8 Å². The molecule has 0 aromatic carbocycles. The summed E-state index contributed by atoms with van der Waals surface area (Å²) in [6, 6.07) is 0. The van der Waals surface area contributed by atoms with Gasteiger partial charge in [-0.05, 0) is 25.2 Å². The van der Waals surface area contributed by atoms with E-state index in [1.165, 1.54) is 25.7 Å². The van der Waals surface area contributed by atoms with Crippen LogP contribution in [0.5, 0.6) is 0 Å². The van der Waals surface area contributed by atoms with Crippen LogP contribution in [0.2, 0.25) is 0 Å². The van der Waals surface area contributed by atoms with Gasteiger partial charge in [-0.15, -0.1) is 0 Å². The lowest BCUT2D eigenvalue weighted by Crippen LogP contribution is -2.28. The highest BCUT2D eigenvalue weighted by Gasteiger charge is 2.23. The van der Waals surface area contributed by atoms with Gasteiger partial charge < -0.3 is 9.47 Å². The van der Waals surface area contributed by atoms with Gasteiger partial charge in [-0.1, -0.05) is 59.8 Å². The van der Waals surface area contributed by atoms with Gasteiger partial charge in [0.1, 0.15) is 6.10 Å². The van der Waals surface area contributed by atoms with Crippen molar-refractivity contribution < 1.29 is 19.1 Å². The first-order valence-electron chi connectivity index (χ1n) is 9.12. The SMILES string of the molecule is CCCCCCCCOC(=O)CCCC(=O)OC(C)C(C)(C)C. The Balaban J connectivity index is 3.57. The molecule has 0 aliphatic rings. The van der Waals surface area contributed by atoms with E-state index in [1.54, 1.807) is 0 Å². The summed E-state index contributed by atoms with van der Waals surface area (Å²) >= 11 is 0. The average Bonchev–Trinajstić information content (AvgIpc) is 2.45. The van der Waals surface area contributed by atoms with Crippen LogP contribution in [0, 0.1) is 5.41 Å². The Morgan fingerprint density at radius 3 is 2.04 bits per heavy atom. The second kappa shape index (κ2) is 12.4. The first-order chi connectivity index (χ1) is 10.8. The van der Waals surface area contributed by atoms with E-state index in [-0.39, 0.29) is 36.3 Å². The highest BCUT2D eigenvalue weighted by atomic mass is 16.5. The molecule has 0 heterocycles. The average molecular weight is 328 g/mol. The third-order valence-corrected chi connectivity index (χ3v) is 4.05. The Kier molecular flexibility index (Phi) is 11.8. The van der Waals surface area contributed by atoms with E-state index in [1.807, 2.05) is 27.7 Å². The van der Waals surface area contributed by atoms with Gasteiger partial charge in [0.2, 0.25) is 0 Å². The first kappa shape index (κ1) is 21.9. The molecule has 0 saturated carbocycles. The molecule has 0 aliphatic carbocycles. The Morgan fingerprint density at radius 1 is 0.870 bits per heavy atom. The minimum atomic E-state index is -0.240. The minimum Gasteiger partial charge on any atom is -0.466 e. The maximum Gasteiger partial charge on any atom is 0.306 e. The quantitative estimate of drug-likeness (QED) is 0.372. The molecule has 0 radical (unpaired) electrons. The van der Waals surface area contributed by atoms with Crippen LogP contribution >= 0.6 is 0 Å². The van der Waals surface area contributed by atoms with E-state index in [9.17, 15) is 9.59 Å². The summed E-state index contributed by atoms with van der Waals surface area (Å²) in [4.78, 5) is 23.3. The topological polar surface area (TPSA) is 52.6 Å². The van der Waals surface area contributed by atoms with Crippen molar-refractivity contribution >= 4 is 11.9 Å². The standard InChI is InChI=1S/C19H36O4/c1-6-7-8-9-10-11-15-22-17(20)13-12-14-18(21)23-16(2)19(3,4)5/h16H,6-15H2,1-5H3. The number of hydrogen-bond donors (Lipinski definition) is 0. The lowest BCUT2D eigenvalue weighted by molar-refractivity contribution is -0.153. The van der Waals surface area contributed by atoms with Crippen molar-refractivity contribution in [1.29, 1.82) is 0 Å². The molecule has 4 heteroatoms. The largest absolute Gasteiger partial charge is 0.466 e. The second-order valence-electron chi connectivity index (χ2n) is 7.34. The molecular formula is C19H36O4. The Hall–Kier alpha value is -1.06. The van der Waals surface area contributed by atoms with E-state index >= 15 is 0 Å². The molecule has 0 aromatic heterocycles. The van der Waals surface area contributed by atoms with E-state index < -0.39 is 0 Å². The predicted octanol–water partition coefficient (Wildman–Crippen LogP) is 5.04. The highest BCUT2D eigenvalue weighted by Crippen LogP contribution is 2.22. The second-order valence-corrected chi connectivity index (χ2v) is 7.34.